The molecule has 0 aliphatic carbocycles. The van der Waals surface area contributed by atoms with Crippen molar-refractivity contribution in [2.24, 2.45) is 0 Å². The van der Waals surface area contributed by atoms with Crippen molar-refractivity contribution < 1.29 is 18.3 Å². The molecule has 0 fully saturated rings. The van der Waals surface area contributed by atoms with E-state index in [9.17, 15) is 18.0 Å². The van der Waals surface area contributed by atoms with E-state index in [1.54, 1.807) is 6.20 Å². The molecule has 162 valence electrons. The fraction of sp³-hybridized carbons (Fsp3) is 0.318. The molecule has 4 aromatic rings. The Balaban J connectivity index is 1.83. The Labute approximate surface area is 175 Å². The first-order chi connectivity index (χ1) is 14.9. The average Bonchev–Trinajstić information content (AvgIpc) is 3.00. The summed E-state index contributed by atoms with van der Waals surface area (Å²) in [7, 11) is 0. The van der Waals surface area contributed by atoms with E-state index in [0.717, 1.165) is 27.3 Å². The summed E-state index contributed by atoms with van der Waals surface area (Å²) in [6.45, 7) is -1.26. The van der Waals surface area contributed by atoms with Crippen molar-refractivity contribution in [3.8, 4) is 0 Å². The maximum atomic E-state index is 13.1. The normalized spacial score (nSPS) is 12.1. The fourth-order valence-electron chi connectivity index (χ4n) is 3.90. The molecular formula is C22H21F3N4O2. The Kier molecular flexibility index (Phi) is 5.77. The van der Waals surface area contributed by atoms with E-state index in [0.29, 0.717) is 24.1 Å². The topological polar surface area (TPSA) is 72.9 Å². The Hall–Kier alpha value is -3.20. The number of unbranched alkanes of at least 4 members (excludes halogenated alkanes) is 1. The smallest absolute Gasteiger partial charge is 0.396 e. The number of alkyl halides is 3. The Bertz CT molecular complexity index is 1280. The van der Waals surface area contributed by atoms with Crippen LogP contribution in [0.1, 0.15) is 24.1 Å². The summed E-state index contributed by atoms with van der Waals surface area (Å²) in [6.07, 6.45) is 1.94. The van der Waals surface area contributed by atoms with E-state index >= 15 is 0 Å². The maximum Gasteiger partial charge on any atom is 0.406 e. The molecule has 0 aliphatic heterocycles. The SMILES string of the molecule is O=c1n(Cc2ncc3ccccc3c2CCCCO)c2cnccc2n1CC(F)(F)F. The second kappa shape index (κ2) is 8.50. The first kappa shape index (κ1) is 21.0. The molecule has 1 N–H and O–H groups in total. The minimum Gasteiger partial charge on any atom is -0.396 e. The van der Waals surface area contributed by atoms with E-state index in [1.807, 2.05) is 24.3 Å². The first-order valence-electron chi connectivity index (χ1n) is 9.95. The van der Waals surface area contributed by atoms with Crippen LogP contribution in [0.15, 0.2) is 53.7 Å². The average molecular weight is 430 g/mol. The zero-order chi connectivity index (χ0) is 22.0. The molecule has 0 radical (unpaired) electrons. The number of aromatic nitrogens is 4. The van der Waals surface area contributed by atoms with E-state index < -0.39 is 18.4 Å². The number of rotatable bonds is 7. The highest BCUT2D eigenvalue weighted by Gasteiger charge is 2.31. The number of hydrogen-bond donors (Lipinski definition) is 1. The largest absolute Gasteiger partial charge is 0.406 e. The molecule has 0 bridgehead atoms. The third-order valence-corrected chi connectivity index (χ3v) is 5.30. The highest BCUT2D eigenvalue weighted by Crippen LogP contribution is 2.25. The first-order valence-corrected chi connectivity index (χ1v) is 9.95. The Morgan fingerprint density at radius 2 is 1.81 bits per heavy atom. The van der Waals surface area contributed by atoms with E-state index in [-0.39, 0.29) is 18.7 Å². The van der Waals surface area contributed by atoms with Crippen molar-refractivity contribution in [3.63, 3.8) is 0 Å². The van der Waals surface area contributed by atoms with Gasteiger partial charge >= 0.3 is 11.9 Å². The van der Waals surface area contributed by atoms with Crippen molar-refractivity contribution >= 4 is 21.8 Å². The molecule has 0 spiro atoms. The lowest BCUT2D eigenvalue weighted by Crippen LogP contribution is -2.30. The van der Waals surface area contributed by atoms with Crippen molar-refractivity contribution in [1.82, 2.24) is 19.1 Å². The molecule has 6 nitrogen and oxygen atoms in total. The molecule has 31 heavy (non-hydrogen) atoms. The Morgan fingerprint density at radius 1 is 1.00 bits per heavy atom. The van der Waals surface area contributed by atoms with Crippen LogP contribution in [0.5, 0.6) is 0 Å². The van der Waals surface area contributed by atoms with Gasteiger partial charge in [0.2, 0.25) is 0 Å². The number of hydrogen-bond acceptors (Lipinski definition) is 4. The lowest BCUT2D eigenvalue weighted by molar-refractivity contribution is -0.140. The number of fused-ring (bicyclic) bond motifs is 2. The van der Waals surface area contributed by atoms with Crippen LogP contribution in [0, 0.1) is 0 Å². The monoisotopic (exact) mass is 430 g/mol. The number of benzene rings is 1. The number of aliphatic hydroxyl groups excluding tert-OH is 1. The van der Waals surface area contributed by atoms with E-state index in [1.165, 1.54) is 23.0 Å². The molecule has 9 heteroatoms. The van der Waals surface area contributed by atoms with Gasteiger partial charge in [0.25, 0.3) is 0 Å². The third kappa shape index (κ3) is 4.32. The molecule has 0 saturated heterocycles. The number of imidazole rings is 1. The highest BCUT2D eigenvalue weighted by atomic mass is 19.4. The van der Waals surface area contributed by atoms with Crippen LogP contribution in [-0.2, 0) is 19.5 Å². The predicted octanol–water partition coefficient (Wildman–Crippen LogP) is 3.67. The van der Waals surface area contributed by atoms with Gasteiger partial charge in [-0.15, -0.1) is 0 Å². The summed E-state index contributed by atoms with van der Waals surface area (Å²) >= 11 is 0. The quantitative estimate of drug-likeness (QED) is 0.454. The van der Waals surface area contributed by atoms with Gasteiger partial charge in [0.05, 0.1) is 29.5 Å². The number of pyridine rings is 2. The second-order valence-electron chi connectivity index (χ2n) is 7.39. The van der Waals surface area contributed by atoms with Crippen molar-refractivity contribution in [2.45, 2.75) is 38.5 Å². The molecule has 3 heterocycles. The van der Waals surface area contributed by atoms with Crippen LogP contribution >= 0.6 is 0 Å². The van der Waals surface area contributed by atoms with Crippen LogP contribution in [0.4, 0.5) is 13.2 Å². The van der Waals surface area contributed by atoms with Gasteiger partial charge < -0.3 is 5.11 Å². The summed E-state index contributed by atoms with van der Waals surface area (Å²) in [4.78, 5) is 21.5. The van der Waals surface area contributed by atoms with Gasteiger partial charge in [0, 0.05) is 24.4 Å². The highest BCUT2D eigenvalue weighted by molar-refractivity contribution is 5.85. The van der Waals surface area contributed by atoms with Gasteiger partial charge in [-0.25, -0.2) is 4.79 Å². The van der Waals surface area contributed by atoms with Gasteiger partial charge in [-0.1, -0.05) is 24.3 Å². The van der Waals surface area contributed by atoms with E-state index in [4.69, 9.17) is 5.11 Å². The van der Waals surface area contributed by atoms with Crippen molar-refractivity contribution in [3.05, 3.63) is 70.7 Å². The summed E-state index contributed by atoms with van der Waals surface area (Å²) in [6, 6.07) is 9.13. The predicted molar refractivity (Wildman–Crippen MR) is 111 cm³/mol. The lowest BCUT2D eigenvalue weighted by Gasteiger charge is -2.13. The molecule has 0 atom stereocenters. The molecule has 0 amide bonds. The van der Waals surface area contributed by atoms with Gasteiger partial charge in [-0.2, -0.15) is 13.2 Å². The molecule has 1 aromatic carbocycles. The molecule has 0 saturated carbocycles. The minimum atomic E-state index is -4.52. The molecule has 3 aromatic heterocycles. The minimum absolute atomic E-state index is 0.0329. The zero-order valence-electron chi connectivity index (χ0n) is 16.6. The molecule has 0 unspecified atom stereocenters. The van der Waals surface area contributed by atoms with Crippen molar-refractivity contribution in [1.29, 1.82) is 0 Å². The summed E-state index contributed by atoms with van der Waals surface area (Å²) in [5, 5.41) is 11.1. The maximum absolute atomic E-state index is 13.1. The number of aliphatic hydroxyl groups is 1. The summed E-state index contributed by atoms with van der Waals surface area (Å²) in [5.41, 5.74) is 1.30. The molecule has 0 aliphatic rings. The number of halogens is 3. The van der Waals surface area contributed by atoms with Gasteiger partial charge in [-0.05, 0) is 36.3 Å². The second-order valence-corrected chi connectivity index (χ2v) is 7.39. The van der Waals surface area contributed by atoms with Gasteiger partial charge in [0.15, 0.2) is 0 Å². The standard InChI is InChI=1S/C22H21F3N4O2/c23-22(24,25)14-29-19-8-9-26-12-20(19)28(21(29)31)13-18-17(7-3-4-10-30)16-6-2-1-5-15(16)11-27-18/h1-2,5-6,8-9,11-12,30H,3-4,7,10,13-14H2. The number of aryl methyl sites for hydroxylation is 1. The zero-order valence-corrected chi connectivity index (χ0v) is 16.6. The molecule has 4 rings (SSSR count). The van der Waals surface area contributed by atoms with Crippen LogP contribution in [-0.4, -0.2) is 37.0 Å². The number of nitrogens with zero attached hydrogens (tertiary/aromatic N) is 4. The van der Waals surface area contributed by atoms with Crippen LogP contribution in [0.2, 0.25) is 0 Å². The summed E-state index contributed by atoms with van der Waals surface area (Å²) < 4.78 is 41.3. The van der Waals surface area contributed by atoms with E-state index in [2.05, 4.69) is 9.97 Å². The van der Waals surface area contributed by atoms with Crippen LogP contribution in [0.25, 0.3) is 21.8 Å². The lowest BCUT2D eigenvalue weighted by atomic mass is 9.99. The third-order valence-electron chi connectivity index (χ3n) is 5.30. The molecular weight excluding hydrogens is 409 g/mol. The Morgan fingerprint density at radius 3 is 2.58 bits per heavy atom. The van der Waals surface area contributed by atoms with Crippen LogP contribution in [0.3, 0.4) is 0 Å². The van der Waals surface area contributed by atoms with Gasteiger partial charge in [-0.3, -0.25) is 19.1 Å². The van der Waals surface area contributed by atoms with Crippen molar-refractivity contribution in [2.75, 3.05) is 6.61 Å². The summed E-state index contributed by atoms with van der Waals surface area (Å²) in [5.74, 6) is 0. The van der Waals surface area contributed by atoms with Gasteiger partial charge in [0.1, 0.15) is 6.54 Å². The fourth-order valence-corrected chi connectivity index (χ4v) is 3.90. The van der Waals surface area contributed by atoms with Crippen LogP contribution < -0.4 is 5.69 Å².